The highest BCUT2D eigenvalue weighted by molar-refractivity contribution is 6.14. The molecular formula is C56H48N6O. The molecule has 0 radical (unpaired) electrons. The Hall–Kier alpha value is -7.48. The van der Waals surface area contributed by atoms with E-state index in [-0.39, 0.29) is 11.8 Å². The van der Waals surface area contributed by atoms with Crippen LogP contribution in [0.5, 0.6) is 11.5 Å². The lowest BCUT2D eigenvalue weighted by Crippen LogP contribution is -2.03. The van der Waals surface area contributed by atoms with E-state index in [1.807, 2.05) is 48.8 Å². The number of rotatable bonds is 8. The normalized spacial score (nSPS) is 12.0. The van der Waals surface area contributed by atoms with Crippen LogP contribution in [0.2, 0.25) is 0 Å². The molecule has 0 N–H and O–H groups in total. The van der Waals surface area contributed by atoms with Gasteiger partial charge in [0.1, 0.15) is 34.9 Å². The van der Waals surface area contributed by atoms with Gasteiger partial charge in [0.25, 0.3) is 0 Å². The zero-order chi connectivity index (χ0) is 43.8. The molecule has 4 heterocycles. The Morgan fingerprint density at radius 1 is 0.444 bits per heavy atom. The van der Waals surface area contributed by atoms with Gasteiger partial charge in [-0.3, -0.25) is 8.80 Å². The molecule has 0 aliphatic carbocycles. The van der Waals surface area contributed by atoms with Crippen LogP contribution in [0.1, 0.15) is 112 Å². The predicted molar refractivity (Wildman–Crippen MR) is 257 cm³/mol. The van der Waals surface area contributed by atoms with E-state index in [9.17, 15) is 10.5 Å². The fourth-order valence-electron chi connectivity index (χ4n) is 9.84. The molecule has 308 valence electrons. The molecular weight excluding hydrogens is 773 g/mol. The van der Waals surface area contributed by atoms with Crippen LogP contribution in [-0.4, -0.2) is 18.8 Å². The van der Waals surface area contributed by atoms with Crippen LogP contribution in [0.25, 0.3) is 77.2 Å². The second-order valence-corrected chi connectivity index (χ2v) is 18.0. The number of fused-ring (bicyclic) bond motifs is 12. The standard InChI is InChI=1S/C56H48N6O/c1-31(2)39-14-11-15-40(32(3)4)53(39)51-29-59-55-47-25-37(19-21-43(47)45-13-9-10-18-49(45)61(51)55)63-38-20-22-44-46-23-35(27-57)36(28-58)24-50(46)62-52(30-60-56(62)48(44)26-38)54-41(33(5)6)16-12-17-42(54)34(7)8/h9-26,29-34H,1-8H3. The summed E-state index contributed by atoms with van der Waals surface area (Å²) in [5.41, 5.74) is 13.8. The zero-order valence-electron chi connectivity index (χ0n) is 36.9. The Bertz CT molecular complexity index is 3540. The summed E-state index contributed by atoms with van der Waals surface area (Å²) in [6.45, 7) is 17.9. The molecule has 0 saturated carbocycles. The van der Waals surface area contributed by atoms with E-state index in [2.05, 4.69) is 149 Å². The third kappa shape index (κ3) is 6.22. The zero-order valence-corrected chi connectivity index (χ0v) is 36.9. The first-order chi connectivity index (χ1) is 30.5. The molecule has 7 nitrogen and oxygen atoms in total. The predicted octanol–water partition coefficient (Wildman–Crippen LogP) is 15.0. The highest BCUT2D eigenvalue weighted by Gasteiger charge is 2.24. The van der Waals surface area contributed by atoms with Crippen molar-refractivity contribution in [1.82, 2.24) is 18.8 Å². The molecule has 7 heteroatoms. The molecule has 63 heavy (non-hydrogen) atoms. The lowest BCUT2D eigenvalue weighted by Gasteiger charge is -2.20. The molecule has 10 aromatic rings. The molecule has 0 unspecified atom stereocenters. The SMILES string of the molecule is CC(C)c1cccc(C(C)C)c1-c1cnc2c3cc(Oc4ccc5c6cc(C#N)c(C#N)cc6n6c(-c7c(C(C)C)cccc7C(C)C)cnc6c5c4)ccc3c3ccccc3n12. The van der Waals surface area contributed by atoms with Gasteiger partial charge in [-0.2, -0.15) is 10.5 Å². The lowest BCUT2D eigenvalue weighted by molar-refractivity contribution is 0.484. The first-order valence-corrected chi connectivity index (χ1v) is 22.0. The molecule has 0 spiro atoms. The van der Waals surface area contributed by atoms with E-state index in [1.54, 1.807) is 0 Å². The van der Waals surface area contributed by atoms with Gasteiger partial charge < -0.3 is 4.74 Å². The Morgan fingerprint density at radius 2 is 0.889 bits per heavy atom. The number of ether oxygens (including phenoxy) is 1. The molecule has 0 saturated heterocycles. The first-order valence-electron chi connectivity index (χ1n) is 22.0. The molecule has 0 aliphatic heterocycles. The van der Waals surface area contributed by atoms with Crippen LogP contribution < -0.4 is 4.74 Å². The van der Waals surface area contributed by atoms with Crippen molar-refractivity contribution in [1.29, 1.82) is 10.5 Å². The lowest BCUT2D eigenvalue weighted by atomic mass is 9.87. The quantitative estimate of drug-likeness (QED) is 0.142. The van der Waals surface area contributed by atoms with Gasteiger partial charge in [-0.05, 0) is 111 Å². The molecule has 0 amide bonds. The number of hydrogen-bond donors (Lipinski definition) is 0. The van der Waals surface area contributed by atoms with Gasteiger partial charge in [-0.25, -0.2) is 9.97 Å². The van der Waals surface area contributed by atoms with Crippen LogP contribution in [0, 0.1) is 22.7 Å². The van der Waals surface area contributed by atoms with E-state index < -0.39 is 0 Å². The third-order valence-corrected chi connectivity index (χ3v) is 12.8. The largest absolute Gasteiger partial charge is 0.457 e. The van der Waals surface area contributed by atoms with Gasteiger partial charge in [-0.1, -0.05) is 110 Å². The van der Waals surface area contributed by atoms with E-state index in [4.69, 9.17) is 14.7 Å². The number of para-hydroxylation sites is 1. The minimum absolute atomic E-state index is 0.263. The number of nitriles is 2. The van der Waals surface area contributed by atoms with Gasteiger partial charge in [0.15, 0.2) is 0 Å². The Balaban J connectivity index is 1.18. The van der Waals surface area contributed by atoms with Gasteiger partial charge in [0.2, 0.25) is 0 Å². The minimum atomic E-state index is 0.263. The maximum Gasteiger partial charge on any atom is 0.145 e. The van der Waals surface area contributed by atoms with Crippen LogP contribution >= 0.6 is 0 Å². The van der Waals surface area contributed by atoms with Crippen molar-refractivity contribution in [2.45, 2.75) is 79.1 Å². The molecule has 6 aromatic carbocycles. The molecule has 0 bridgehead atoms. The monoisotopic (exact) mass is 820 g/mol. The van der Waals surface area contributed by atoms with Crippen molar-refractivity contribution in [3.05, 3.63) is 155 Å². The average Bonchev–Trinajstić information content (AvgIpc) is 3.94. The van der Waals surface area contributed by atoms with Crippen LogP contribution in [0.4, 0.5) is 0 Å². The fraction of sp³-hybridized carbons (Fsp3) is 0.214. The van der Waals surface area contributed by atoms with E-state index >= 15 is 0 Å². The summed E-state index contributed by atoms with van der Waals surface area (Å²) < 4.78 is 11.3. The van der Waals surface area contributed by atoms with Crippen molar-refractivity contribution < 1.29 is 4.74 Å². The Kier molecular flexibility index (Phi) is 9.53. The van der Waals surface area contributed by atoms with Gasteiger partial charge in [0, 0.05) is 32.7 Å². The van der Waals surface area contributed by atoms with Crippen molar-refractivity contribution in [3.63, 3.8) is 0 Å². The molecule has 0 aliphatic rings. The number of hydrogen-bond acceptors (Lipinski definition) is 5. The number of pyridine rings is 2. The van der Waals surface area contributed by atoms with Crippen LogP contribution in [-0.2, 0) is 0 Å². The summed E-state index contributed by atoms with van der Waals surface area (Å²) in [5.74, 6) is 2.54. The second kappa shape index (κ2) is 15.2. The number of aromatic nitrogens is 4. The Labute approximate surface area is 367 Å². The summed E-state index contributed by atoms with van der Waals surface area (Å²) in [5, 5.41) is 26.3. The highest BCUT2D eigenvalue weighted by Crippen LogP contribution is 2.43. The first kappa shape index (κ1) is 39.6. The summed E-state index contributed by atoms with van der Waals surface area (Å²) >= 11 is 0. The van der Waals surface area contributed by atoms with Crippen LogP contribution in [0.3, 0.4) is 0 Å². The summed E-state index contributed by atoms with van der Waals surface area (Å²) in [4.78, 5) is 10.3. The van der Waals surface area contributed by atoms with Crippen molar-refractivity contribution in [2.24, 2.45) is 0 Å². The number of benzene rings is 6. The third-order valence-electron chi connectivity index (χ3n) is 12.8. The van der Waals surface area contributed by atoms with Crippen molar-refractivity contribution in [2.75, 3.05) is 0 Å². The van der Waals surface area contributed by atoms with Crippen LogP contribution in [0.15, 0.2) is 122 Å². The maximum atomic E-state index is 10.2. The maximum absolute atomic E-state index is 10.2. The number of nitrogens with zero attached hydrogens (tertiary/aromatic N) is 6. The minimum Gasteiger partial charge on any atom is -0.457 e. The number of imidazole rings is 2. The van der Waals surface area contributed by atoms with E-state index in [0.717, 1.165) is 71.6 Å². The van der Waals surface area contributed by atoms with E-state index in [1.165, 1.54) is 27.8 Å². The smallest absolute Gasteiger partial charge is 0.145 e. The molecule has 10 rings (SSSR count). The van der Waals surface area contributed by atoms with E-state index in [0.29, 0.717) is 34.5 Å². The van der Waals surface area contributed by atoms with Gasteiger partial charge in [-0.15, -0.1) is 0 Å². The van der Waals surface area contributed by atoms with Gasteiger partial charge >= 0.3 is 0 Å². The summed E-state index contributed by atoms with van der Waals surface area (Å²) in [6, 6.07) is 42.4. The second-order valence-electron chi connectivity index (χ2n) is 18.0. The molecule has 4 aromatic heterocycles. The highest BCUT2D eigenvalue weighted by atomic mass is 16.5. The average molecular weight is 821 g/mol. The molecule has 0 atom stereocenters. The molecule has 0 fully saturated rings. The topological polar surface area (TPSA) is 91.4 Å². The van der Waals surface area contributed by atoms with Crippen molar-refractivity contribution in [3.8, 4) is 46.2 Å². The summed E-state index contributed by atoms with van der Waals surface area (Å²) in [6.07, 6.45) is 4.00. The summed E-state index contributed by atoms with van der Waals surface area (Å²) in [7, 11) is 0. The van der Waals surface area contributed by atoms with Crippen molar-refractivity contribution >= 4 is 54.6 Å². The fourth-order valence-corrected chi connectivity index (χ4v) is 9.84. The van der Waals surface area contributed by atoms with Gasteiger partial charge in [0.05, 0.1) is 45.9 Å². The Morgan fingerprint density at radius 3 is 1.37 bits per heavy atom.